The van der Waals surface area contributed by atoms with Gasteiger partial charge in [-0.25, -0.2) is 4.79 Å². The van der Waals surface area contributed by atoms with Crippen molar-refractivity contribution in [3.8, 4) is 0 Å². The van der Waals surface area contributed by atoms with Crippen LogP contribution in [0.5, 0.6) is 0 Å². The molecule has 6 heteroatoms. The first-order valence-electron chi connectivity index (χ1n) is 5.06. The average Bonchev–Trinajstić information content (AvgIpc) is 2.29. The van der Waals surface area contributed by atoms with Crippen LogP contribution < -0.4 is 5.32 Å². The molecule has 0 saturated heterocycles. The smallest absolute Gasteiger partial charge is 0.404 e. The predicted molar refractivity (Wildman–Crippen MR) is 63.2 cm³/mol. The van der Waals surface area contributed by atoms with E-state index in [2.05, 4.69) is 5.32 Å². The summed E-state index contributed by atoms with van der Waals surface area (Å²) in [6.45, 7) is -0.518. The van der Waals surface area contributed by atoms with Crippen molar-refractivity contribution in [2.24, 2.45) is 0 Å². The zero-order valence-electron chi connectivity index (χ0n) is 9.01. The fourth-order valence-electron chi connectivity index (χ4n) is 1.47. The minimum atomic E-state index is -1.26. The Hall–Kier alpha value is -1.30. The normalized spacial score (nSPS) is 14.1. The molecule has 0 aliphatic carbocycles. The highest BCUT2D eigenvalue weighted by atomic mass is 35.5. The number of carbonyl (C=O) groups is 1. The monoisotopic (exact) mass is 259 g/mol. The fourth-order valence-corrected chi connectivity index (χ4v) is 1.68. The van der Waals surface area contributed by atoms with E-state index in [1.165, 1.54) is 0 Å². The van der Waals surface area contributed by atoms with E-state index in [1.54, 1.807) is 24.3 Å². The van der Waals surface area contributed by atoms with E-state index in [-0.39, 0.29) is 6.42 Å². The van der Waals surface area contributed by atoms with Crippen LogP contribution in [-0.2, 0) is 6.42 Å². The summed E-state index contributed by atoms with van der Waals surface area (Å²) in [4.78, 5) is 10.6. The van der Waals surface area contributed by atoms with Crippen molar-refractivity contribution >= 4 is 17.7 Å². The minimum absolute atomic E-state index is 0.216. The second-order valence-electron chi connectivity index (χ2n) is 3.60. The van der Waals surface area contributed by atoms with Crippen LogP contribution in [0.15, 0.2) is 24.3 Å². The Morgan fingerprint density at radius 1 is 1.41 bits per heavy atom. The maximum absolute atomic E-state index is 10.6. The van der Waals surface area contributed by atoms with Gasteiger partial charge in [0.15, 0.2) is 0 Å². The van der Waals surface area contributed by atoms with Crippen molar-refractivity contribution in [2.45, 2.75) is 18.6 Å². The maximum atomic E-state index is 10.6. The molecule has 0 spiro atoms. The SMILES string of the molecule is O=C(O)NC(Cc1ccccc1Cl)C(O)CO. The van der Waals surface area contributed by atoms with Gasteiger partial charge < -0.3 is 20.6 Å². The molecule has 0 bridgehead atoms. The molecule has 1 aromatic carbocycles. The molecule has 0 aliphatic rings. The van der Waals surface area contributed by atoms with Gasteiger partial charge in [0, 0.05) is 5.02 Å². The molecule has 1 amide bonds. The van der Waals surface area contributed by atoms with Gasteiger partial charge in [-0.3, -0.25) is 0 Å². The zero-order chi connectivity index (χ0) is 12.8. The summed E-state index contributed by atoms with van der Waals surface area (Å²) in [6, 6.07) is 6.15. The van der Waals surface area contributed by atoms with Crippen LogP contribution in [0.1, 0.15) is 5.56 Å². The minimum Gasteiger partial charge on any atom is -0.465 e. The highest BCUT2D eigenvalue weighted by Crippen LogP contribution is 2.17. The number of hydrogen-bond donors (Lipinski definition) is 4. The number of hydrogen-bond acceptors (Lipinski definition) is 3. The number of carboxylic acid groups (broad SMARTS) is 1. The summed E-state index contributed by atoms with van der Waals surface area (Å²) in [5.74, 6) is 0. The van der Waals surface area contributed by atoms with Gasteiger partial charge in [-0.15, -0.1) is 0 Å². The van der Waals surface area contributed by atoms with E-state index < -0.39 is 24.8 Å². The highest BCUT2D eigenvalue weighted by Gasteiger charge is 2.21. The van der Waals surface area contributed by atoms with E-state index in [0.717, 1.165) is 0 Å². The standard InChI is InChI=1S/C11H14ClNO4/c12-8-4-2-1-3-7(8)5-9(10(15)6-14)13-11(16)17/h1-4,9-10,13-15H,5-6H2,(H,16,17). The Kier molecular flexibility index (Phi) is 5.21. The van der Waals surface area contributed by atoms with Gasteiger partial charge in [0.1, 0.15) is 0 Å². The zero-order valence-corrected chi connectivity index (χ0v) is 9.76. The molecule has 0 aromatic heterocycles. The molecule has 1 aromatic rings. The lowest BCUT2D eigenvalue weighted by Gasteiger charge is -2.21. The molecule has 0 saturated carbocycles. The molecule has 94 valence electrons. The van der Waals surface area contributed by atoms with Gasteiger partial charge in [0.2, 0.25) is 0 Å². The third kappa shape index (κ3) is 4.22. The number of rotatable bonds is 5. The fraction of sp³-hybridized carbons (Fsp3) is 0.364. The van der Waals surface area contributed by atoms with E-state index >= 15 is 0 Å². The molecule has 5 nitrogen and oxygen atoms in total. The van der Waals surface area contributed by atoms with Crippen LogP contribution in [0.25, 0.3) is 0 Å². The molecule has 1 rings (SSSR count). The quantitative estimate of drug-likeness (QED) is 0.632. The topological polar surface area (TPSA) is 89.8 Å². The van der Waals surface area contributed by atoms with Gasteiger partial charge in [-0.05, 0) is 18.1 Å². The highest BCUT2D eigenvalue weighted by molar-refractivity contribution is 6.31. The van der Waals surface area contributed by atoms with Crippen LogP contribution in [-0.4, -0.2) is 40.2 Å². The first-order chi connectivity index (χ1) is 8.04. The largest absolute Gasteiger partial charge is 0.465 e. The molecule has 4 N–H and O–H groups in total. The van der Waals surface area contributed by atoms with Crippen LogP contribution in [0.4, 0.5) is 4.79 Å². The van der Waals surface area contributed by atoms with Gasteiger partial charge in [0.25, 0.3) is 0 Å². The first kappa shape index (κ1) is 13.8. The molecule has 2 atom stereocenters. The third-order valence-corrected chi connectivity index (χ3v) is 2.73. The summed E-state index contributed by atoms with van der Waals surface area (Å²) in [5.41, 5.74) is 0.709. The first-order valence-corrected chi connectivity index (χ1v) is 5.44. The summed E-state index contributed by atoms with van der Waals surface area (Å²) in [6.07, 6.45) is -2.20. The van der Waals surface area contributed by atoms with Crippen molar-refractivity contribution in [3.63, 3.8) is 0 Å². The molecule has 17 heavy (non-hydrogen) atoms. The Labute approximate surface area is 104 Å². The average molecular weight is 260 g/mol. The molecule has 0 aliphatic heterocycles. The van der Waals surface area contributed by atoms with E-state index in [4.69, 9.17) is 21.8 Å². The molecular weight excluding hydrogens is 246 g/mol. The second kappa shape index (κ2) is 6.44. The predicted octanol–water partition coefficient (Wildman–Crippen LogP) is 0.872. The Morgan fingerprint density at radius 3 is 2.59 bits per heavy atom. The van der Waals surface area contributed by atoms with Crippen LogP contribution >= 0.6 is 11.6 Å². The summed E-state index contributed by atoms with van der Waals surface area (Å²) < 4.78 is 0. The van der Waals surface area contributed by atoms with Crippen molar-refractivity contribution in [2.75, 3.05) is 6.61 Å². The van der Waals surface area contributed by atoms with Crippen LogP contribution in [0, 0.1) is 0 Å². The second-order valence-corrected chi connectivity index (χ2v) is 4.01. The number of amides is 1. The van der Waals surface area contributed by atoms with Crippen LogP contribution in [0.3, 0.4) is 0 Å². The molecule has 2 unspecified atom stereocenters. The Bertz CT molecular complexity index is 385. The third-order valence-electron chi connectivity index (χ3n) is 2.36. The van der Waals surface area contributed by atoms with Crippen molar-refractivity contribution < 1.29 is 20.1 Å². The number of aliphatic hydroxyl groups excluding tert-OH is 2. The lowest BCUT2D eigenvalue weighted by atomic mass is 10.0. The van der Waals surface area contributed by atoms with E-state index in [9.17, 15) is 9.90 Å². The van der Waals surface area contributed by atoms with Crippen molar-refractivity contribution in [3.05, 3.63) is 34.9 Å². The van der Waals surface area contributed by atoms with Crippen molar-refractivity contribution in [1.82, 2.24) is 5.32 Å². The molecular formula is C11H14ClNO4. The van der Waals surface area contributed by atoms with Gasteiger partial charge in [0.05, 0.1) is 18.8 Å². The van der Waals surface area contributed by atoms with Crippen LogP contribution in [0.2, 0.25) is 5.02 Å². The summed E-state index contributed by atoms with van der Waals surface area (Å²) in [7, 11) is 0. The summed E-state index contributed by atoms with van der Waals surface area (Å²) in [5, 5.41) is 29.6. The van der Waals surface area contributed by atoms with E-state index in [0.29, 0.717) is 10.6 Å². The molecule has 0 radical (unpaired) electrons. The van der Waals surface area contributed by atoms with E-state index in [1.807, 2.05) is 0 Å². The molecule has 0 fully saturated rings. The Morgan fingerprint density at radius 2 is 2.06 bits per heavy atom. The number of benzene rings is 1. The summed E-state index contributed by atoms with van der Waals surface area (Å²) >= 11 is 5.93. The Balaban J connectivity index is 2.79. The maximum Gasteiger partial charge on any atom is 0.404 e. The number of nitrogens with one attached hydrogen (secondary N) is 1. The lowest BCUT2D eigenvalue weighted by molar-refractivity contribution is 0.0622. The van der Waals surface area contributed by atoms with Gasteiger partial charge >= 0.3 is 6.09 Å². The number of aliphatic hydroxyl groups is 2. The van der Waals surface area contributed by atoms with Crippen molar-refractivity contribution in [1.29, 1.82) is 0 Å². The molecule has 0 heterocycles. The number of halogens is 1. The van der Waals surface area contributed by atoms with Gasteiger partial charge in [-0.1, -0.05) is 29.8 Å². The lowest BCUT2D eigenvalue weighted by Crippen LogP contribution is -2.45. The van der Waals surface area contributed by atoms with Gasteiger partial charge in [-0.2, -0.15) is 0 Å².